The summed E-state index contributed by atoms with van der Waals surface area (Å²) in [6.45, 7) is 0. The van der Waals surface area contributed by atoms with Gasteiger partial charge in [-0.25, -0.2) is 8.42 Å². The Kier molecular flexibility index (Phi) is 3.66. The zero-order valence-corrected chi connectivity index (χ0v) is 13.4. The molecule has 0 unspecified atom stereocenters. The molecule has 0 spiro atoms. The van der Waals surface area contributed by atoms with Gasteiger partial charge >= 0.3 is 0 Å². The lowest BCUT2D eigenvalue weighted by Crippen LogP contribution is -2.35. The lowest BCUT2D eigenvalue weighted by atomic mass is 10.3. The zero-order valence-electron chi connectivity index (χ0n) is 11.8. The normalized spacial score (nSPS) is 15.7. The van der Waals surface area contributed by atoms with E-state index in [1.165, 1.54) is 24.4 Å². The van der Waals surface area contributed by atoms with Gasteiger partial charge in [0.15, 0.2) is 0 Å². The lowest BCUT2D eigenvalue weighted by Gasteiger charge is -2.07. The van der Waals surface area contributed by atoms with Gasteiger partial charge in [-0.3, -0.25) is 4.79 Å². The maximum atomic E-state index is 12.5. The molecule has 1 amide bonds. The van der Waals surface area contributed by atoms with Crippen LogP contribution in [0.5, 0.6) is 0 Å². The van der Waals surface area contributed by atoms with Gasteiger partial charge in [-0.05, 0) is 37.1 Å². The van der Waals surface area contributed by atoms with Crippen molar-refractivity contribution in [3.63, 3.8) is 0 Å². The maximum Gasteiger partial charge on any atom is 0.268 e. The second-order valence-electron chi connectivity index (χ2n) is 5.36. The number of sulfone groups is 1. The van der Waals surface area contributed by atoms with Crippen LogP contribution in [0.3, 0.4) is 0 Å². The summed E-state index contributed by atoms with van der Waals surface area (Å²) in [6.07, 6.45) is 2.45. The molecule has 0 radical (unpaired) electrons. The Morgan fingerprint density at radius 1 is 1.30 bits per heavy atom. The van der Waals surface area contributed by atoms with E-state index in [2.05, 4.69) is 10.3 Å². The van der Waals surface area contributed by atoms with Crippen molar-refractivity contribution >= 4 is 27.3 Å². The first-order valence-corrected chi connectivity index (χ1v) is 8.65. The van der Waals surface area contributed by atoms with Crippen LogP contribution in [-0.2, 0) is 9.84 Å². The van der Waals surface area contributed by atoms with Crippen molar-refractivity contribution in [2.75, 3.05) is 0 Å². The number of H-pyrrole nitrogens is 1. The van der Waals surface area contributed by atoms with Crippen LogP contribution in [0.1, 0.15) is 23.3 Å². The van der Waals surface area contributed by atoms with Gasteiger partial charge in [0.2, 0.25) is 9.84 Å². The largest absolute Gasteiger partial charge is 0.356 e. The number of hydrogen-bond acceptors (Lipinski definition) is 4. The average molecular weight is 350 g/mol. The molecule has 118 valence electrons. The second kappa shape index (κ2) is 5.41. The van der Waals surface area contributed by atoms with Gasteiger partial charge < -0.3 is 10.3 Å². The van der Waals surface area contributed by atoms with Crippen molar-refractivity contribution in [3.05, 3.63) is 47.2 Å². The predicted octanol–water partition coefficient (Wildman–Crippen LogP) is 2.29. The summed E-state index contributed by atoms with van der Waals surface area (Å²) < 4.78 is 25.0. The minimum atomic E-state index is -3.77. The number of nitrogens with zero attached hydrogens (tertiary/aromatic N) is 1. The van der Waals surface area contributed by atoms with Crippen LogP contribution in [0.2, 0.25) is 5.02 Å². The van der Waals surface area contributed by atoms with E-state index in [9.17, 15) is 13.2 Å². The van der Waals surface area contributed by atoms with Gasteiger partial charge in [-0.2, -0.15) is 5.26 Å². The highest BCUT2D eigenvalue weighted by Gasteiger charge is 2.45. The molecule has 2 aromatic rings. The summed E-state index contributed by atoms with van der Waals surface area (Å²) in [4.78, 5) is 14.7. The summed E-state index contributed by atoms with van der Waals surface area (Å²) in [5, 5.41) is 11.9. The third kappa shape index (κ3) is 2.96. The Balaban J connectivity index is 1.87. The quantitative estimate of drug-likeness (QED) is 0.883. The molecule has 1 aliphatic rings. The summed E-state index contributed by atoms with van der Waals surface area (Å²) in [5.74, 6) is -0.503. The van der Waals surface area contributed by atoms with E-state index in [1.54, 1.807) is 12.1 Å². The van der Waals surface area contributed by atoms with Gasteiger partial charge in [0, 0.05) is 11.2 Å². The Morgan fingerprint density at radius 2 is 2.04 bits per heavy atom. The molecular weight excluding hydrogens is 338 g/mol. The summed E-state index contributed by atoms with van der Waals surface area (Å²) in [6, 6.07) is 9.19. The monoisotopic (exact) mass is 349 g/mol. The minimum absolute atomic E-state index is 0.0354. The highest BCUT2D eigenvalue weighted by molar-refractivity contribution is 7.91. The van der Waals surface area contributed by atoms with Crippen LogP contribution in [0, 0.1) is 11.3 Å². The van der Waals surface area contributed by atoms with Crippen LogP contribution in [-0.4, -0.2) is 24.8 Å². The molecule has 0 atom stereocenters. The summed E-state index contributed by atoms with van der Waals surface area (Å²) >= 11 is 5.82. The zero-order chi connectivity index (χ0) is 16.7. The van der Waals surface area contributed by atoms with Gasteiger partial charge in [-0.15, -0.1) is 0 Å². The molecule has 0 saturated heterocycles. The third-order valence-corrected chi connectivity index (χ3v) is 5.60. The molecule has 1 aliphatic carbocycles. The van der Waals surface area contributed by atoms with Gasteiger partial charge in [-0.1, -0.05) is 17.7 Å². The van der Waals surface area contributed by atoms with E-state index < -0.39 is 21.3 Å². The van der Waals surface area contributed by atoms with E-state index in [0.717, 1.165) is 0 Å². The van der Waals surface area contributed by atoms with Gasteiger partial charge in [0.25, 0.3) is 5.91 Å². The summed E-state index contributed by atoms with van der Waals surface area (Å²) in [7, 11) is -3.77. The molecule has 8 heteroatoms. The topological polar surface area (TPSA) is 103 Å². The average Bonchev–Trinajstić information content (AvgIpc) is 3.10. The Hall–Kier alpha value is -2.30. The van der Waals surface area contributed by atoms with E-state index in [1.807, 2.05) is 6.07 Å². The number of aromatic nitrogens is 1. The van der Waals surface area contributed by atoms with Crippen molar-refractivity contribution in [2.45, 2.75) is 28.2 Å². The van der Waals surface area contributed by atoms with E-state index in [0.29, 0.717) is 17.9 Å². The number of carbonyl (C=O) groups excluding carboxylic acids is 1. The number of aromatic amines is 1. The SMILES string of the molecule is N#CC1(NC(=O)c2cc(S(=O)(=O)c3cccc(Cl)c3)c[nH]2)CC1. The van der Waals surface area contributed by atoms with Gasteiger partial charge in [0.05, 0.1) is 15.9 Å². The number of hydrogen-bond donors (Lipinski definition) is 2. The van der Waals surface area contributed by atoms with E-state index >= 15 is 0 Å². The fraction of sp³-hybridized carbons (Fsp3) is 0.200. The summed E-state index contributed by atoms with van der Waals surface area (Å²) in [5.41, 5.74) is -0.721. The van der Waals surface area contributed by atoms with Crippen molar-refractivity contribution in [1.82, 2.24) is 10.3 Å². The van der Waals surface area contributed by atoms with Crippen LogP contribution >= 0.6 is 11.6 Å². The van der Waals surface area contributed by atoms with Crippen LogP contribution in [0.25, 0.3) is 0 Å². The number of amides is 1. The first kappa shape index (κ1) is 15.6. The number of nitrogens with one attached hydrogen (secondary N) is 2. The minimum Gasteiger partial charge on any atom is -0.356 e. The number of rotatable bonds is 4. The Labute approximate surface area is 138 Å². The predicted molar refractivity (Wildman–Crippen MR) is 82.7 cm³/mol. The molecule has 6 nitrogen and oxygen atoms in total. The third-order valence-electron chi connectivity index (χ3n) is 3.63. The fourth-order valence-electron chi connectivity index (χ4n) is 2.11. The molecule has 2 N–H and O–H groups in total. The fourth-order valence-corrected chi connectivity index (χ4v) is 3.66. The first-order valence-electron chi connectivity index (χ1n) is 6.79. The van der Waals surface area contributed by atoms with Crippen molar-refractivity contribution in [1.29, 1.82) is 5.26 Å². The molecule has 0 bridgehead atoms. The van der Waals surface area contributed by atoms with Crippen LogP contribution < -0.4 is 5.32 Å². The molecule has 0 aliphatic heterocycles. The number of halogens is 1. The highest BCUT2D eigenvalue weighted by atomic mass is 35.5. The van der Waals surface area contributed by atoms with E-state index in [4.69, 9.17) is 16.9 Å². The molecule has 1 aromatic heterocycles. The van der Waals surface area contributed by atoms with Crippen molar-refractivity contribution in [3.8, 4) is 6.07 Å². The number of carbonyl (C=O) groups is 1. The van der Waals surface area contributed by atoms with E-state index in [-0.39, 0.29) is 15.5 Å². The van der Waals surface area contributed by atoms with Crippen LogP contribution in [0.15, 0.2) is 46.3 Å². The molecule has 1 heterocycles. The lowest BCUT2D eigenvalue weighted by molar-refractivity contribution is 0.0937. The van der Waals surface area contributed by atoms with Crippen LogP contribution in [0.4, 0.5) is 0 Å². The molecule has 1 fully saturated rings. The van der Waals surface area contributed by atoms with Gasteiger partial charge in [0.1, 0.15) is 11.2 Å². The maximum absolute atomic E-state index is 12.5. The standard InChI is InChI=1S/C15H12ClN3O3S/c16-10-2-1-3-11(6-10)23(21,22)12-7-13(18-8-12)14(20)19-15(9-17)4-5-15/h1-3,6-8,18H,4-5H2,(H,19,20). The molecule has 1 aromatic carbocycles. The molecule has 1 saturated carbocycles. The first-order chi connectivity index (χ1) is 10.9. The molecule has 23 heavy (non-hydrogen) atoms. The van der Waals surface area contributed by atoms with Crippen molar-refractivity contribution in [2.24, 2.45) is 0 Å². The molecular formula is C15H12ClN3O3S. The Bertz CT molecular complexity index is 923. The highest BCUT2D eigenvalue weighted by Crippen LogP contribution is 2.34. The number of benzene rings is 1. The second-order valence-corrected chi connectivity index (χ2v) is 7.74. The number of nitriles is 1. The Morgan fingerprint density at radius 3 is 2.65 bits per heavy atom. The molecule has 3 rings (SSSR count). The van der Waals surface area contributed by atoms with Crippen molar-refractivity contribution < 1.29 is 13.2 Å². The smallest absolute Gasteiger partial charge is 0.268 e.